The van der Waals surface area contributed by atoms with Gasteiger partial charge in [0.05, 0.1) is 11.9 Å². The van der Waals surface area contributed by atoms with E-state index in [-0.39, 0.29) is 5.78 Å². The molecule has 1 heterocycles. The normalized spacial score (nSPS) is 10.6. The molecule has 0 unspecified atom stereocenters. The Balaban J connectivity index is 2.10. The molecule has 0 amide bonds. The van der Waals surface area contributed by atoms with Crippen LogP contribution >= 0.6 is 11.6 Å². The van der Waals surface area contributed by atoms with Crippen molar-refractivity contribution in [1.29, 1.82) is 0 Å². The van der Waals surface area contributed by atoms with Crippen LogP contribution in [0.25, 0.3) is 5.69 Å². The molecule has 0 aliphatic heterocycles. The average molecular weight is 298 g/mol. The zero-order valence-corrected chi connectivity index (χ0v) is 12.1. The summed E-state index contributed by atoms with van der Waals surface area (Å²) >= 11 is 6.04. The van der Waals surface area contributed by atoms with Gasteiger partial charge in [-0.15, -0.1) is 5.10 Å². The lowest BCUT2D eigenvalue weighted by atomic mass is 10.1. The van der Waals surface area contributed by atoms with Crippen molar-refractivity contribution in [3.05, 3.63) is 76.6 Å². The Labute approximate surface area is 127 Å². The number of carbonyl (C=O) groups is 1. The lowest BCUT2D eigenvalue weighted by Gasteiger charge is -2.09. The molecule has 4 nitrogen and oxygen atoms in total. The molecule has 0 saturated heterocycles. The Bertz CT molecular complexity index is 796. The quantitative estimate of drug-likeness (QED) is 0.696. The number of benzene rings is 2. The van der Waals surface area contributed by atoms with Crippen molar-refractivity contribution in [2.45, 2.75) is 6.92 Å². The molecule has 0 bridgehead atoms. The second-order valence-corrected chi connectivity index (χ2v) is 5.09. The summed E-state index contributed by atoms with van der Waals surface area (Å²) < 4.78 is 1.52. The molecule has 5 heteroatoms. The molecule has 0 radical (unpaired) electrons. The van der Waals surface area contributed by atoms with Gasteiger partial charge in [0.25, 0.3) is 0 Å². The van der Waals surface area contributed by atoms with Crippen LogP contribution in [0.1, 0.15) is 21.6 Å². The molecular weight excluding hydrogens is 286 g/mol. The molecule has 0 fully saturated rings. The standard InChI is InChI=1S/C16H12ClN3O/c1-11-7-8-13(17)9-14(11)20-15(10-18-19-20)16(21)12-5-3-2-4-6-12/h2-10H,1H3. The molecule has 104 valence electrons. The molecule has 0 aliphatic carbocycles. The minimum atomic E-state index is -0.125. The maximum Gasteiger partial charge on any atom is 0.213 e. The number of rotatable bonds is 3. The van der Waals surface area contributed by atoms with E-state index in [9.17, 15) is 4.79 Å². The molecule has 3 rings (SSSR count). The highest BCUT2D eigenvalue weighted by Gasteiger charge is 2.17. The summed E-state index contributed by atoms with van der Waals surface area (Å²) in [6.07, 6.45) is 1.47. The van der Waals surface area contributed by atoms with Crippen molar-refractivity contribution >= 4 is 17.4 Å². The fourth-order valence-corrected chi connectivity index (χ4v) is 2.28. The van der Waals surface area contributed by atoms with Gasteiger partial charge in [-0.25, -0.2) is 4.68 Å². The Morgan fingerprint density at radius 3 is 2.67 bits per heavy atom. The molecule has 2 aromatic carbocycles. The van der Waals surface area contributed by atoms with Crippen molar-refractivity contribution in [3.63, 3.8) is 0 Å². The molecular formula is C16H12ClN3O. The lowest BCUT2D eigenvalue weighted by Crippen LogP contribution is -2.11. The fourth-order valence-electron chi connectivity index (χ4n) is 2.12. The molecule has 1 aromatic heterocycles. The maximum absolute atomic E-state index is 12.6. The summed E-state index contributed by atoms with van der Waals surface area (Å²) in [5.41, 5.74) is 2.72. The highest BCUT2D eigenvalue weighted by molar-refractivity contribution is 6.30. The summed E-state index contributed by atoms with van der Waals surface area (Å²) in [5.74, 6) is -0.125. The number of ketones is 1. The molecule has 0 saturated carbocycles. The summed E-state index contributed by atoms with van der Waals surface area (Å²) in [5, 5.41) is 8.47. The largest absolute Gasteiger partial charge is 0.287 e. The molecule has 3 aromatic rings. The van der Waals surface area contributed by atoms with E-state index in [1.807, 2.05) is 31.2 Å². The first kappa shape index (κ1) is 13.5. The van der Waals surface area contributed by atoms with Crippen LogP contribution in [0, 0.1) is 6.92 Å². The third-order valence-electron chi connectivity index (χ3n) is 3.22. The second-order valence-electron chi connectivity index (χ2n) is 4.66. The van der Waals surface area contributed by atoms with Crippen molar-refractivity contribution in [3.8, 4) is 5.69 Å². The predicted octanol–water partition coefficient (Wildman–Crippen LogP) is 3.46. The fraction of sp³-hybridized carbons (Fsp3) is 0.0625. The number of carbonyl (C=O) groups excluding carboxylic acids is 1. The van der Waals surface area contributed by atoms with Gasteiger partial charge in [-0.1, -0.05) is 53.2 Å². The number of aryl methyl sites for hydroxylation is 1. The van der Waals surface area contributed by atoms with Crippen molar-refractivity contribution in [2.75, 3.05) is 0 Å². The van der Waals surface area contributed by atoms with E-state index in [1.54, 1.807) is 24.3 Å². The monoisotopic (exact) mass is 297 g/mol. The lowest BCUT2D eigenvalue weighted by molar-refractivity contribution is 0.103. The minimum Gasteiger partial charge on any atom is -0.287 e. The van der Waals surface area contributed by atoms with Crippen LogP contribution in [0.15, 0.2) is 54.7 Å². The summed E-state index contributed by atoms with van der Waals surface area (Å²) in [6, 6.07) is 14.5. The Morgan fingerprint density at radius 1 is 1.14 bits per heavy atom. The number of nitrogens with zero attached hydrogens (tertiary/aromatic N) is 3. The van der Waals surface area contributed by atoms with Crippen LogP contribution in [-0.2, 0) is 0 Å². The number of halogens is 1. The highest BCUT2D eigenvalue weighted by atomic mass is 35.5. The summed E-state index contributed by atoms with van der Waals surface area (Å²) in [7, 11) is 0. The van der Waals surface area contributed by atoms with E-state index in [0.29, 0.717) is 16.3 Å². The summed E-state index contributed by atoms with van der Waals surface area (Å²) in [6.45, 7) is 1.93. The average Bonchev–Trinajstić information content (AvgIpc) is 2.99. The van der Waals surface area contributed by atoms with E-state index in [4.69, 9.17) is 11.6 Å². The van der Waals surface area contributed by atoms with Crippen LogP contribution in [0.4, 0.5) is 0 Å². The third kappa shape index (κ3) is 2.58. The number of hydrogen-bond acceptors (Lipinski definition) is 3. The van der Waals surface area contributed by atoms with Crippen LogP contribution in [0.2, 0.25) is 5.02 Å². The third-order valence-corrected chi connectivity index (χ3v) is 3.45. The Hall–Kier alpha value is -2.46. The van der Waals surface area contributed by atoms with Gasteiger partial charge in [0.15, 0.2) is 0 Å². The van der Waals surface area contributed by atoms with Crippen LogP contribution in [0.5, 0.6) is 0 Å². The smallest absolute Gasteiger partial charge is 0.213 e. The molecule has 0 atom stereocenters. The van der Waals surface area contributed by atoms with Gasteiger partial charge in [-0.05, 0) is 24.6 Å². The maximum atomic E-state index is 12.6. The SMILES string of the molecule is Cc1ccc(Cl)cc1-n1nncc1C(=O)c1ccccc1. The first-order valence-electron chi connectivity index (χ1n) is 6.44. The van der Waals surface area contributed by atoms with Crippen LogP contribution in [0.3, 0.4) is 0 Å². The zero-order chi connectivity index (χ0) is 14.8. The predicted molar refractivity (Wildman–Crippen MR) is 81.0 cm³/mol. The minimum absolute atomic E-state index is 0.125. The van der Waals surface area contributed by atoms with Gasteiger partial charge in [-0.2, -0.15) is 0 Å². The van der Waals surface area contributed by atoms with Gasteiger partial charge in [0, 0.05) is 10.6 Å². The second kappa shape index (κ2) is 5.50. The van der Waals surface area contributed by atoms with Crippen LogP contribution in [-0.4, -0.2) is 20.8 Å². The van der Waals surface area contributed by atoms with Gasteiger partial charge in [0.2, 0.25) is 5.78 Å². The molecule has 0 N–H and O–H groups in total. The molecule has 21 heavy (non-hydrogen) atoms. The van der Waals surface area contributed by atoms with Crippen molar-refractivity contribution < 1.29 is 4.79 Å². The number of aromatic nitrogens is 3. The first-order chi connectivity index (χ1) is 10.2. The van der Waals surface area contributed by atoms with Gasteiger partial charge < -0.3 is 0 Å². The topological polar surface area (TPSA) is 47.8 Å². The van der Waals surface area contributed by atoms with E-state index < -0.39 is 0 Å². The van der Waals surface area contributed by atoms with E-state index in [0.717, 1.165) is 11.3 Å². The van der Waals surface area contributed by atoms with Gasteiger partial charge in [0.1, 0.15) is 5.69 Å². The van der Waals surface area contributed by atoms with Gasteiger partial charge >= 0.3 is 0 Å². The van der Waals surface area contributed by atoms with Crippen molar-refractivity contribution in [2.24, 2.45) is 0 Å². The molecule has 0 spiro atoms. The Morgan fingerprint density at radius 2 is 1.90 bits per heavy atom. The van der Waals surface area contributed by atoms with E-state index in [2.05, 4.69) is 10.3 Å². The van der Waals surface area contributed by atoms with Crippen LogP contribution < -0.4 is 0 Å². The zero-order valence-electron chi connectivity index (χ0n) is 11.3. The first-order valence-corrected chi connectivity index (χ1v) is 6.81. The van der Waals surface area contributed by atoms with Gasteiger partial charge in [-0.3, -0.25) is 4.79 Å². The summed E-state index contributed by atoms with van der Waals surface area (Å²) in [4.78, 5) is 12.6. The van der Waals surface area contributed by atoms with E-state index >= 15 is 0 Å². The van der Waals surface area contributed by atoms with Crippen molar-refractivity contribution in [1.82, 2.24) is 15.0 Å². The Kier molecular flexibility index (Phi) is 3.54. The van der Waals surface area contributed by atoms with E-state index in [1.165, 1.54) is 10.9 Å². The molecule has 0 aliphatic rings. The number of hydrogen-bond donors (Lipinski definition) is 0. The highest BCUT2D eigenvalue weighted by Crippen LogP contribution is 2.21.